The number of aliphatic hydroxyl groups excluding tert-OH is 4. The molecule has 0 radical (unpaired) electrons. The van der Waals surface area contributed by atoms with Crippen LogP contribution in [-0.4, -0.2) is 67.8 Å². The van der Waals surface area contributed by atoms with Crippen molar-refractivity contribution in [3.63, 3.8) is 0 Å². The second-order valence-corrected chi connectivity index (χ2v) is 5.41. The van der Waals surface area contributed by atoms with Crippen LogP contribution in [0.25, 0.3) is 0 Å². The lowest BCUT2D eigenvalue weighted by Gasteiger charge is -2.39. The van der Waals surface area contributed by atoms with Gasteiger partial charge in [-0.1, -0.05) is 24.0 Å². The molecule has 5 unspecified atom stereocenters. The van der Waals surface area contributed by atoms with E-state index in [-0.39, 0.29) is 0 Å². The number of nitrogens with one attached hydrogen (secondary N) is 1. The number of hydrogen-bond acceptors (Lipinski definition) is 7. The molecule has 6 nitrogen and oxygen atoms in total. The molecule has 17 heavy (non-hydrogen) atoms. The normalized spacial score (nSPS) is 37.8. The van der Waals surface area contributed by atoms with Crippen LogP contribution in [0, 0.1) is 0 Å². The third kappa shape index (κ3) is 3.75. The molecule has 5 N–H and O–H groups in total. The molecular formula is C9H17NO5S2. The van der Waals surface area contributed by atoms with Gasteiger partial charge in [0.2, 0.25) is 0 Å². The Kier molecular flexibility index (Phi) is 6.07. The summed E-state index contributed by atoms with van der Waals surface area (Å²) in [7, 11) is 0. The molecule has 1 fully saturated rings. The van der Waals surface area contributed by atoms with Crippen molar-refractivity contribution in [2.45, 2.75) is 36.8 Å². The van der Waals surface area contributed by atoms with Crippen molar-refractivity contribution in [3.05, 3.63) is 0 Å². The first kappa shape index (κ1) is 15.1. The number of thiocarbonyl (C=S) groups is 1. The van der Waals surface area contributed by atoms with Gasteiger partial charge in [0.1, 0.15) is 34.2 Å². The lowest BCUT2D eigenvalue weighted by atomic mass is 10.0. The first-order valence-electron chi connectivity index (χ1n) is 5.26. The van der Waals surface area contributed by atoms with Crippen LogP contribution in [-0.2, 0) is 4.74 Å². The second-order valence-electron chi connectivity index (χ2n) is 3.63. The number of ether oxygens (including phenoxy) is 1. The highest BCUT2D eigenvalue weighted by Crippen LogP contribution is 2.28. The highest BCUT2D eigenvalue weighted by atomic mass is 32.2. The summed E-state index contributed by atoms with van der Waals surface area (Å²) in [5.41, 5.74) is -0.808. The summed E-state index contributed by atoms with van der Waals surface area (Å²) in [5, 5.41) is 40.7. The third-order valence-corrected chi connectivity index (χ3v) is 3.81. The van der Waals surface area contributed by atoms with E-state index in [1.807, 2.05) is 6.92 Å². The molecule has 5 atom stereocenters. The van der Waals surface area contributed by atoms with Crippen LogP contribution < -0.4 is 5.32 Å². The summed E-state index contributed by atoms with van der Waals surface area (Å²) in [5.74, 6) is 0. The SMILES string of the molecule is CCNC(=S)SC1OC(CO)C(O)C(O)C1O. The first-order valence-corrected chi connectivity index (χ1v) is 6.55. The zero-order chi connectivity index (χ0) is 13.0. The van der Waals surface area contributed by atoms with Gasteiger partial charge in [-0.3, -0.25) is 0 Å². The van der Waals surface area contributed by atoms with Crippen molar-refractivity contribution in [1.82, 2.24) is 5.32 Å². The van der Waals surface area contributed by atoms with Gasteiger partial charge in [0.05, 0.1) is 6.61 Å². The van der Waals surface area contributed by atoms with Crippen LogP contribution in [0.2, 0.25) is 0 Å². The van der Waals surface area contributed by atoms with Crippen LogP contribution in [0.5, 0.6) is 0 Å². The number of hydrogen-bond donors (Lipinski definition) is 5. The fourth-order valence-electron chi connectivity index (χ4n) is 1.46. The molecule has 0 aromatic heterocycles. The summed E-state index contributed by atoms with van der Waals surface area (Å²) in [6.45, 7) is 2.08. The first-order chi connectivity index (χ1) is 8.01. The average Bonchev–Trinajstić information content (AvgIpc) is 2.30. The summed E-state index contributed by atoms with van der Waals surface area (Å²) in [6.07, 6.45) is -4.84. The van der Waals surface area contributed by atoms with Gasteiger partial charge in [0.25, 0.3) is 0 Å². The van der Waals surface area contributed by atoms with Crippen molar-refractivity contribution in [2.75, 3.05) is 13.2 Å². The molecule has 1 saturated heterocycles. The van der Waals surface area contributed by atoms with E-state index in [4.69, 9.17) is 22.1 Å². The molecule has 0 aromatic rings. The van der Waals surface area contributed by atoms with Crippen LogP contribution in [0.3, 0.4) is 0 Å². The van der Waals surface area contributed by atoms with E-state index in [9.17, 15) is 15.3 Å². The fraction of sp³-hybridized carbons (Fsp3) is 0.889. The largest absolute Gasteiger partial charge is 0.394 e. The van der Waals surface area contributed by atoms with Crippen molar-refractivity contribution in [1.29, 1.82) is 0 Å². The highest BCUT2D eigenvalue weighted by Gasteiger charge is 2.43. The van der Waals surface area contributed by atoms with Gasteiger partial charge in [-0.2, -0.15) is 0 Å². The van der Waals surface area contributed by atoms with Crippen LogP contribution >= 0.6 is 24.0 Å². The van der Waals surface area contributed by atoms with Gasteiger partial charge in [0.15, 0.2) is 0 Å². The van der Waals surface area contributed by atoms with Crippen molar-refractivity contribution in [2.24, 2.45) is 0 Å². The molecule has 1 aliphatic rings. The average molecular weight is 283 g/mol. The van der Waals surface area contributed by atoms with Gasteiger partial charge in [0, 0.05) is 6.54 Å². The molecule has 0 bridgehead atoms. The van der Waals surface area contributed by atoms with E-state index in [2.05, 4.69) is 5.32 Å². The number of thioether (sulfide) groups is 1. The Balaban J connectivity index is 2.62. The quantitative estimate of drug-likeness (QED) is 0.395. The standard InChI is InChI=1S/C9H17NO5S2/c1-2-10-9(16)17-8-7(14)6(13)5(12)4(3-11)15-8/h4-8,11-14H,2-3H2,1H3,(H,10,16). The maximum absolute atomic E-state index is 9.71. The van der Waals surface area contributed by atoms with E-state index in [1.165, 1.54) is 0 Å². The smallest absolute Gasteiger partial charge is 0.139 e. The summed E-state index contributed by atoms with van der Waals surface area (Å²) >= 11 is 6.03. The Morgan fingerprint density at radius 1 is 1.29 bits per heavy atom. The van der Waals surface area contributed by atoms with Crippen LogP contribution in [0.1, 0.15) is 6.92 Å². The molecule has 0 aliphatic carbocycles. The van der Waals surface area contributed by atoms with Gasteiger partial charge in [-0.25, -0.2) is 0 Å². The van der Waals surface area contributed by atoms with Crippen molar-refractivity contribution in [3.8, 4) is 0 Å². The fourth-order valence-corrected chi connectivity index (χ4v) is 2.82. The van der Waals surface area contributed by atoms with E-state index < -0.39 is 36.5 Å². The Bertz CT molecular complexity index is 266. The number of aliphatic hydroxyl groups is 4. The van der Waals surface area contributed by atoms with Crippen molar-refractivity contribution >= 4 is 28.3 Å². The van der Waals surface area contributed by atoms with E-state index in [1.54, 1.807) is 0 Å². The maximum atomic E-state index is 9.71. The molecule has 1 rings (SSSR count). The summed E-state index contributed by atoms with van der Waals surface area (Å²) < 4.78 is 5.70. The maximum Gasteiger partial charge on any atom is 0.139 e. The minimum Gasteiger partial charge on any atom is -0.394 e. The second kappa shape index (κ2) is 6.83. The molecule has 100 valence electrons. The minimum absolute atomic E-state index is 0.428. The Morgan fingerprint density at radius 3 is 2.47 bits per heavy atom. The molecule has 0 aromatic carbocycles. The van der Waals surface area contributed by atoms with E-state index in [0.717, 1.165) is 11.8 Å². The lowest BCUT2D eigenvalue weighted by molar-refractivity contribution is -0.205. The van der Waals surface area contributed by atoms with Gasteiger partial charge in [-0.15, -0.1) is 0 Å². The van der Waals surface area contributed by atoms with E-state index >= 15 is 0 Å². The van der Waals surface area contributed by atoms with Gasteiger partial charge >= 0.3 is 0 Å². The predicted octanol–water partition coefficient (Wildman–Crippen LogP) is -1.59. The third-order valence-electron chi connectivity index (χ3n) is 2.39. The zero-order valence-electron chi connectivity index (χ0n) is 9.31. The van der Waals surface area contributed by atoms with E-state index in [0.29, 0.717) is 10.9 Å². The zero-order valence-corrected chi connectivity index (χ0v) is 10.9. The molecular weight excluding hydrogens is 266 g/mol. The summed E-state index contributed by atoms with van der Waals surface area (Å²) in [4.78, 5) is 0. The Morgan fingerprint density at radius 2 is 1.94 bits per heavy atom. The van der Waals surface area contributed by atoms with Crippen LogP contribution in [0.15, 0.2) is 0 Å². The molecule has 1 heterocycles. The predicted molar refractivity (Wildman–Crippen MR) is 67.6 cm³/mol. The monoisotopic (exact) mass is 283 g/mol. The summed E-state index contributed by atoms with van der Waals surface area (Å²) in [6, 6.07) is 0. The Hall–Kier alpha value is 0.0400. The van der Waals surface area contributed by atoms with Gasteiger partial charge in [-0.05, 0) is 6.92 Å². The number of rotatable bonds is 3. The lowest BCUT2D eigenvalue weighted by Crippen LogP contribution is -2.57. The molecule has 0 saturated carbocycles. The molecule has 0 amide bonds. The molecule has 1 aliphatic heterocycles. The topological polar surface area (TPSA) is 102 Å². The highest BCUT2D eigenvalue weighted by molar-refractivity contribution is 8.23. The molecule has 0 spiro atoms. The van der Waals surface area contributed by atoms with Crippen LogP contribution in [0.4, 0.5) is 0 Å². The minimum atomic E-state index is -1.36. The van der Waals surface area contributed by atoms with Gasteiger partial charge < -0.3 is 30.5 Å². The Labute approximate surface area is 109 Å². The molecule has 8 heteroatoms. The van der Waals surface area contributed by atoms with Crippen molar-refractivity contribution < 1.29 is 25.2 Å².